The SMILES string of the molecule is CC(C)CN=C(N)NCCCNC(=O)C1CCC1.I. The van der Waals surface area contributed by atoms with Crippen LogP contribution >= 0.6 is 24.0 Å². The van der Waals surface area contributed by atoms with Crippen LogP contribution in [0.2, 0.25) is 0 Å². The lowest BCUT2D eigenvalue weighted by atomic mass is 9.85. The number of guanidine groups is 1. The summed E-state index contributed by atoms with van der Waals surface area (Å²) in [5, 5.41) is 5.99. The average molecular weight is 382 g/mol. The second-order valence-corrected chi connectivity index (χ2v) is 5.32. The van der Waals surface area contributed by atoms with Crippen molar-refractivity contribution in [2.24, 2.45) is 22.6 Å². The van der Waals surface area contributed by atoms with E-state index >= 15 is 0 Å². The van der Waals surface area contributed by atoms with Crippen molar-refractivity contribution in [3.05, 3.63) is 0 Å². The maximum Gasteiger partial charge on any atom is 0.223 e. The fourth-order valence-corrected chi connectivity index (χ4v) is 1.67. The van der Waals surface area contributed by atoms with E-state index in [0.717, 1.165) is 32.4 Å². The number of hydrogen-bond donors (Lipinski definition) is 3. The quantitative estimate of drug-likeness (QED) is 0.270. The molecule has 0 saturated heterocycles. The normalized spacial score (nSPS) is 15.6. The summed E-state index contributed by atoms with van der Waals surface area (Å²) in [7, 11) is 0. The summed E-state index contributed by atoms with van der Waals surface area (Å²) in [6.45, 7) is 6.41. The van der Waals surface area contributed by atoms with Crippen molar-refractivity contribution in [1.29, 1.82) is 0 Å². The lowest BCUT2D eigenvalue weighted by Gasteiger charge is -2.24. The van der Waals surface area contributed by atoms with Crippen LogP contribution in [-0.2, 0) is 4.79 Å². The Morgan fingerprint density at radius 2 is 1.95 bits per heavy atom. The summed E-state index contributed by atoms with van der Waals surface area (Å²) in [5.41, 5.74) is 5.69. The number of rotatable bonds is 7. The minimum Gasteiger partial charge on any atom is -0.370 e. The third-order valence-electron chi connectivity index (χ3n) is 3.06. The van der Waals surface area contributed by atoms with E-state index in [1.165, 1.54) is 6.42 Å². The van der Waals surface area contributed by atoms with Gasteiger partial charge in [-0.05, 0) is 25.2 Å². The first kappa shape index (κ1) is 18.5. The van der Waals surface area contributed by atoms with Crippen molar-refractivity contribution >= 4 is 35.8 Å². The second kappa shape index (κ2) is 10.3. The first-order chi connectivity index (χ1) is 8.59. The van der Waals surface area contributed by atoms with E-state index in [2.05, 4.69) is 29.5 Å². The van der Waals surface area contributed by atoms with Crippen LogP contribution in [0.4, 0.5) is 0 Å². The number of amides is 1. The zero-order valence-electron chi connectivity index (χ0n) is 11.9. The predicted octanol–water partition coefficient (Wildman–Crippen LogP) is 1.47. The summed E-state index contributed by atoms with van der Waals surface area (Å²) in [6.07, 6.45) is 4.18. The highest BCUT2D eigenvalue weighted by Gasteiger charge is 2.24. The van der Waals surface area contributed by atoms with Crippen LogP contribution < -0.4 is 16.4 Å². The molecule has 0 aromatic rings. The van der Waals surface area contributed by atoms with E-state index in [-0.39, 0.29) is 35.8 Å². The number of carbonyl (C=O) groups excluding carboxylic acids is 1. The van der Waals surface area contributed by atoms with Crippen molar-refractivity contribution in [2.45, 2.75) is 39.5 Å². The van der Waals surface area contributed by atoms with Crippen LogP contribution in [0.3, 0.4) is 0 Å². The first-order valence-corrected chi connectivity index (χ1v) is 6.91. The van der Waals surface area contributed by atoms with Crippen molar-refractivity contribution in [3.8, 4) is 0 Å². The van der Waals surface area contributed by atoms with Gasteiger partial charge in [0.1, 0.15) is 0 Å². The first-order valence-electron chi connectivity index (χ1n) is 6.91. The van der Waals surface area contributed by atoms with Gasteiger partial charge in [-0.1, -0.05) is 20.3 Å². The Morgan fingerprint density at radius 3 is 2.47 bits per heavy atom. The fraction of sp³-hybridized carbons (Fsp3) is 0.846. The molecular weight excluding hydrogens is 355 g/mol. The van der Waals surface area contributed by atoms with Gasteiger partial charge >= 0.3 is 0 Å². The minimum atomic E-state index is 0. The summed E-state index contributed by atoms with van der Waals surface area (Å²) in [5.74, 6) is 1.50. The molecule has 0 aromatic heterocycles. The van der Waals surface area contributed by atoms with Crippen LogP contribution in [0.15, 0.2) is 4.99 Å². The molecule has 1 aliphatic rings. The molecule has 1 amide bonds. The van der Waals surface area contributed by atoms with Crippen LogP contribution in [0.5, 0.6) is 0 Å². The Kier molecular flexibility index (Phi) is 9.99. The van der Waals surface area contributed by atoms with E-state index in [1.807, 2.05) is 0 Å². The number of hydrogen-bond acceptors (Lipinski definition) is 2. The lowest BCUT2D eigenvalue weighted by molar-refractivity contribution is -0.127. The highest BCUT2D eigenvalue weighted by Crippen LogP contribution is 2.25. The Labute approximate surface area is 133 Å². The molecule has 6 heteroatoms. The molecule has 0 aromatic carbocycles. The van der Waals surface area contributed by atoms with E-state index in [9.17, 15) is 4.79 Å². The summed E-state index contributed by atoms with van der Waals surface area (Å²) >= 11 is 0. The smallest absolute Gasteiger partial charge is 0.223 e. The maximum absolute atomic E-state index is 11.5. The monoisotopic (exact) mass is 382 g/mol. The van der Waals surface area contributed by atoms with E-state index in [4.69, 9.17) is 5.73 Å². The molecule has 0 atom stereocenters. The Balaban J connectivity index is 0.00000324. The number of nitrogens with two attached hydrogens (primary N) is 1. The second-order valence-electron chi connectivity index (χ2n) is 5.32. The number of nitrogens with one attached hydrogen (secondary N) is 2. The summed E-state index contributed by atoms with van der Waals surface area (Å²) in [6, 6.07) is 0. The molecule has 0 unspecified atom stereocenters. The minimum absolute atomic E-state index is 0. The molecule has 112 valence electrons. The van der Waals surface area contributed by atoms with Crippen molar-refractivity contribution in [2.75, 3.05) is 19.6 Å². The third kappa shape index (κ3) is 8.28. The molecule has 0 spiro atoms. The topological polar surface area (TPSA) is 79.5 Å². The van der Waals surface area contributed by atoms with Crippen molar-refractivity contribution in [3.63, 3.8) is 0 Å². The van der Waals surface area contributed by atoms with E-state index in [1.54, 1.807) is 0 Å². The van der Waals surface area contributed by atoms with Gasteiger partial charge < -0.3 is 16.4 Å². The van der Waals surface area contributed by atoms with Crippen molar-refractivity contribution < 1.29 is 4.79 Å². The lowest BCUT2D eigenvalue weighted by Crippen LogP contribution is -2.37. The van der Waals surface area contributed by atoms with Gasteiger partial charge in [0.05, 0.1) is 0 Å². The fourth-order valence-electron chi connectivity index (χ4n) is 1.67. The Morgan fingerprint density at radius 1 is 1.32 bits per heavy atom. The van der Waals surface area contributed by atoms with Gasteiger partial charge in [-0.2, -0.15) is 0 Å². The molecule has 0 radical (unpaired) electrons. The molecule has 1 aliphatic carbocycles. The van der Waals surface area contributed by atoms with Gasteiger partial charge in [-0.3, -0.25) is 9.79 Å². The molecule has 1 rings (SSSR count). The molecule has 0 bridgehead atoms. The van der Waals surface area contributed by atoms with Crippen LogP contribution in [0.1, 0.15) is 39.5 Å². The molecule has 5 nitrogen and oxygen atoms in total. The highest BCUT2D eigenvalue weighted by atomic mass is 127. The van der Waals surface area contributed by atoms with Gasteiger partial charge in [0.15, 0.2) is 5.96 Å². The maximum atomic E-state index is 11.5. The zero-order chi connectivity index (χ0) is 13.4. The zero-order valence-corrected chi connectivity index (χ0v) is 14.3. The Hall–Kier alpha value is -0.530. The largest absolute Gasteiger partial charge is 0.370 e. The summed E-state index contributed by atoms with van der Waals surface area (Å²) in [4.78, 5) is 15.7. The Bertz CT molecular complexity index is 290. The summed E-state index contributed by atoms with van der Waals surface area (Å²) < 4.78 is 0. The van der Waals surface area contributed by atoms with E-state index < -0.39 is 0 Å². The van der Waals surface area contributed by atoms with Gasteiger partial charge in [-0.15, -0.1) is 24.0 Å². The standard InChI is InChI=1S/C13H26N4O.HI/c1-10(2)9-17-13(14)16-8-4-7-15-12(18)11-5-3-6-11;/h10-11H,3-9H2,1-2H3,(H,15,18)(H3,14,16,17);1H. The predicted molar refractivity (Wildman–Crippen MR) is 89.7 cm³/mol. The molecule has 0 aliphatic heterocycles. The molecule has 19 heavy (non-hydrogen) atoms. The van der Waals surface area contributed by atoms with Crippen molar-refractivity contribution in [1.82, 2.24) is 10.6 Å². The van der Waals surface area contributed by atoms with Gasteiger partial charge in [0.25, 0.3) is 0 Å². The third-order valence-corrected chi connectivity index (χ3v) is 3.06. The highest BCUT2D eigenvalue weighted by molar-refractivity contribution is 14.0. The van der Waals surface area contributed by atoms with Gasteiger partial charge in [-0.25, -0.2) is 0 Å². The number of aliphatic imine (C=N–C) groups is 1. The van der Waals surface area contributed by atoms with Gasteiger partial charge in [0, 0.05) is 25.6 Å². The number of halogens is 1. The van der Waals surface area contributed by atoms with E-state index in [0.29, 0.717) is 18.4 Å². The molecule has 0 heterocycles. The number of carbonyl (C=O) groups is 1. The van der Waals surface area contributed by atoms with Crippen LogP contribution in [0.25, 0.3) is 0 Å². The molecule has 1 saturated carbocycles. The van der Waals surface area contributed by atoms with Crippen LogP contribution in [0, 0.1) is 11.8 Å². The van der Waals surface area contributed by atoms with Crippen LogP contribution in [-0.4, -0.2) is 31.5 Å². The van der Waals surface area contributed by atoms with Gasteiger partial charge in [0.2, 0.25) is 5.91 Å². The number of nitrogens with zero attached hydrogens (tertiary/aromatic N) is 1. The molecule has 4 N–H and O–H groups in total. The molecular formula is C13H27IN4O. The average Bonchev–Trinajstić information content (AvgIpc) is 2.23. The molecule has 1 fully saturated rings.